The molecule has 0 atom stereocenters. The number of rotatable bonds is 6. The lowest BCUT2D eigenvalue weighted by Gasteiger charge is -2.12. The Morgan fingerprint density at radius 1 is 1.00 bits per heavy atom. The molecule has 0 heterocycles. The Bertz CT molecular complexity index is 557. The fourth-order valence-corrected chi connectivity index (χ4v) is 1.49. The summed E-state index contributed by atoms with van der Waals surface area (Å²) in [6.07, 6.45) is 1.04. The van der Waals surface area contributed by atoms with Gasteiger partial charge in [0.15, 0.2) is 17.4 Å². The van der Waals surface area contributed by atoms with Gasteiger partial charge in [-0.3, -0.25) is 0 Å². The average molecular weight is 292 g/mol. The van der Waals surface area contributed by atoms with E-state index in [9.17, 15) is 22.8 Å². The van der Waals surface area contributed by atoms with Crippen LogP contribution in [-0.4, -0.2) is 28.8 Å². The van der Waals surface area contributed by atoms with E-state index in [-0.39, 0.29) is 6.61 Å². The van der Waals surface area contributed by atoms with Gasteiger partial charge in [-0.2, -0.15) is 4.39 Å². The monoisotopic (exact) mass is 292 g/mol. The molecule has 0 aromatic heterocycles. The van der Waals surface area contributed by atoms with Crippen LogP contribution in [0.3, 0.4) is 0 Å². The Morgan fingerprint density at radius 2 is 1.50 bits per heavy atom. The van der Waals surface area contributed by atoms with E-state index in [0.717, 1.165) is 0 Å². The molecule has 0 saturated carbocycles. The number of unbranched alkanes of at least 4 members (excludes halogenated alkanes) is 1. The molecule has 0 fully saturated rings. The highest BCUT2D eigenvalue weighted by Crippen LogP contribution is 2.31. The Morgan fingerprint density at radius 3 is 1.95 bits per heavy atom. The second-order valence-corrected chi connectivity index (χ2v) is 3.83. The first kappa shape index (κ1) is 15.8. The predicted molar refractivity (Wildman–Crippen MR) is 60.6 cm³/mol. The van der Waals surface area contributed by atoms with E-state index in [1.165, 1.54) is 0 Å². The van der Waals surface area contributed by atoms with Crippen LogP contribution in [0.5, 0.6) is 5.75 Å². The number of benzene rings is 1. The van der Waals surface area contributed by atoms with Gasteiger partial charge in [0.25, 0.3) is 0 Å². The molecule has 5 nitrogen and oxygen atoms in total. The van der Waals surface area contributed by atoms with Crippen molar-refractivity contribution in [2.75, 3.05) is 6.61 Å². The number of carboxylic acids is 2. The highest BCUT2D eigenvalue weighted by molar-refractivity contribution is 6.02. The van der Waals surface area contributed by atoms with E-state index in [1.807, 2.05) is 0 Å². The molecule has 110 valence electrons. The van der Waals surface area contributed by atoms with Crippen LogP contribution in [0, 0.1) is 17.5 Å². The lowest BCUT2D eigenvalue weighted by molar-refractivity contribution is 0.0639. The summed E-state index contributed by atoms with van der Waals surface area (Å²) in [6, 6.07) is 0. The molecule has 0 saturated heterocycles. The second-order valence-electron chi connectivity index (χ2n) is 3.83. The van der Waals surface area contributed by atoms with E-state index in [2.05, 4.69) is 4.74 Å². The molecular weight excluding hydrogens is 281 g/mol. The molecular formula is C12H11F3O5. The highest BCUT2D eigenvalue weighted by Gasteiger charge is 2.33. The van der Waals surface area contributed by atoms with Gasteiger partial charge >= 0.3 is 11.9 Å². The molecule has 0 bridgehead atoms. The maximum absolute atomic E-state index is 13.8. The second kappa shape index (κ2) is 6.27. The van der Waals surface area contributed by atoms with E-state index in [4.69, 9.17) is 10.2 Å². The van der Waals surface area contributed by atoms with Gasteiger partial charge in [-0.05, 0) is 6.42 Å². The minimum absolute atomic E-state index is 0.157. The van der Waals surface area contributed by atoms with Crippen LogP contribution in [0.15, 0.2) is 0 Å². The van der Waals surface area contributed by atoms with Crippen LogP contribution in [0.1, 0.15) is 40.5 Å². The first-order valence-corrected chi connectivity index (χ1v) is 5.62. The molecule has 0 aliphatic rings. The summed E-state index contributed by atoms with van der Waals surface area (Å²) in [4.78, 5) is 21.6. The van der Waals surface area contributed by atoms with Crippen molar-refractivity contribution in [2.45, 2.75) is 19.8 Å². The number of aromatic carboxylic acids is 2. The van der Waals surface area contributed by atoms with Crippen LogP contribution in [0.2, 0.25) is 0 Å². The number of hydrogen-bond acceptors (Lipinski definition) is 3. The maximum Gasteiger partial charge on any atom is 0.339 e. The van der Waals surface area contributed by atoms with Crippen molar-refractivity contribution >= 4 is 11.9 Å². The quantitative estimate of drug-likeness (QED) is 0.622. The number of ether oxygens (including phenoxy) is 1. The molecule has 1 aromatic carbocycles. The summed E-state index contributed by atoms with van der Waals surface area (Å²) >= 11 is 0. The Hall–Kier alpha value is -2.25. The molecule has 0 unspecified atom stereocenters. The third-order valence-electron chi connectivity index (χ3n) is 2.45. The first-order chi connectivity index (χ1) is 9.32. The van der Waals surface area contributed by atoms with Crippen molar-refractivity contribution in [3.63, 3.8) is 0 Å². The summed E-state index contributed by atoms with van der Waals surface area (Å²) in [7, 11) is 0. The van der Waals surface area contributed by atoms with Crippen LogP contribution < -0.4 is 4.74 Å². The molecule has 0 amide bonds. The number of carbonyl (C=O) groups is 2. The van der Waals surface area contributed by atoms with Crippen LogP contribution in [-0.2, 0) is 0 Å². The van der Waals surface area contributed by atoms with Crippen molar-refractivity contribution in [3.8, 4) is 5.75 Å². The Balaban J connectivity index is 3.49. The first-order valence-electron chi connectivity index (χ1n) is 5.62. The molecule has 2 N–H and O–H groups in total. The molecule has 1 aromatic rings. The van der Waals surface area contributed by atoms with E-state index >= 15 is 0 Å². The van der Waals surface area contributed by atoms with Crippen LogP contribution >= 0.6 is 0 Å². The van der Waals surface area contributed by atoms with Crippen molar-refractivity contribution in [1.82, 2.24) is 0 Å². The van der Waals surface area contributed by atoms with Gasteiger partial charge in [-0.15, -0.1) is 0 Å². The van der Waals surface area contributed by atoms with Crippen molar-refractivity contribution < 1.29 is 37.7 Å². The smallest absolute Gasteiger partial charge is 0.339 e. The fraction of sp³-hybridized carbons (Fsp3) is 0.333. The minimum atomic E-state index is -2.09. The van der Waals surface area contributed by atoms with Crippen molar-refractivity contribution in [2.24, 2.45) is 0 Å². The normalized spacial score (nSPS) is 10.4. The lowest BCUT2D eigenvalue weighted by Crippen LogP contribution is -2.17. The predicted octanol–water partition coefficient (Wildman–Crippen LogP) is 2.68. The number of hydrogen-bond donors (Lipinski definition) is 2. The fourth-order valence-electron chi connectivity index (χ4n) is 1.49. The largest absolute Gasteiger partial charge is 0.488 e. The van der Waals surface area contributed by atoms with Gasteiger partial charge in [0.1, 0.15) is 11.1 Å². The molecule has 0 radical (unpaired) electrons. The van der Waals surface area contributed by atoms with Gasteiger partial charge in [-0.1, -0.05) is 13.3 Å². The van der Waals surface area contributed by atoms with Gasteiger partial charge in [0, 0.05) is 0 Å². The van der Waals surface area contributed by atoms with E-state index < -0.39 is 46.3 Å². The molecule has 20 heavy (non-hydrogen) atoms. The Labute approximate surface area is 111 Å². The molecule has 1 rings (SSSR count). The zero-order valence-corrected chi connectivity index (χ0v) is 10.4. The van der Waals surface area contributed by atoms with Crippen LogP contribution in [0.25, 0.3) is 0 Å². The summed E-state index contributed by atoms with van der Waals surface area (Å²) in [5.74, 6) is -10.9. The molecule has 8 heteroatoms. The highest BCUT2D eigenvalue weighted by atomic mass is 19.2. The van der Waals surface area contributed by atoms with Gasteiger partial charge in [0.05, 0.1) is 6.61 Å². The zero-order chi connectivity index (χ0) is 15.4. The SMILES string of the molecule is CCCCOc1c(F)c(F)c(C(=O)O)c(C(=O)O)c1F. The molecule has 0 spiro atoms. The third-order valence-corrected chi connectivity index (χ3v) is 2.45. The number of carboxylic acid groups (broad SMARTS) is 2. The van der Waals surface area contributed by atoms with Crippen LogP contribution in [0.4, 0.5) is 13.2 Å². The van der Waals surface area contributed by atoms with Gasteiger partial charge < -0.3 is 14.9 Å². The van der Waals surface area contributed by atoms with Crippen molar-refractivity contribution in [3.05, 3.63) is 28.6 Å². The maximum atomic E-state index is 13.8. The third kappa shape index (κ3) is 2.84. The minimum Gasteiger partial charge on any atom is -0.488 e. The standard InChI is InChI=1S/C12H11F3O5/c1-2-3-4-20-10-8(14)6(12(18)19)5(11(16)17)7(13)9(10)15/h2-4H2,1H3,(H,16,17)(H,18,19). The zero-order valence-electron chi connectivity index (χ0n) is 10.4. The summed E-state index contributed by atoms with van der Waals surface area (Å²) in [5.41, 5.74) is -3.04. The van der Waals surface area contributed by atoms with Gasteiger partial charge in [-0.25, -0.2) is 18.4 Å². The average Bonchev–Trinajstić information content (AvgIpc) is 2.36. The summed E-state index contributed by atoms with van der Waals surface area (Å²) in [5, 5.41) is 17.4. The topological polar surface area (TPSA) is 83.8 Å². The Kier molecular flexibility index (Phi) is 4.95. The number of halogens is 3. The van der Waals surface area contributed by atoms with Gasteiger partial charge in [0.2, 0.25) is 5.82 Å². The van der Waals surface area contributed by atoms with Crippen molar-refractivity contribution in [1.29, 1.82) is 0 Å². The molecule has 0 aliphatic heterocycles. The van der Waals surface area contributed by atoms with E-state index in [1.54, 1.807) is 6.92 Å². The molecule has 0 aliphatic carbocycles. The summed E-state index contributed by atoms with van der Waals surface area (Å²) in [6.45, 7) is 1.61. The van der Waals surface area contributed by atoms with E-state index in [0.29, 0.717) is 12.8 Å². The summed E-state index contributed by atoms with van der Waals surface area (Å²) < 4.78 is 45.6. The lowest BCUT2D eigenvalue weighted by atomic mass is 10.0.